The molecule has 1 aliphatic rings. The molecule has 6 heteroatoms. The molecule has 0 saturated carbocycles. The molecule has 0 saturated heterocycles. The van der Waals surface area contributed by atoms with E-state index in [4.69, 9.17) is 16.2 Å². The Morgan fingerprint density at radius 1 is 1.46 bits per heavy atom. The second kappa shape index (κ2) is 2.89. The van der Waals surface area contributed by atoms with Crippen LogP contribution in [0.15, 0.2) is 11.2 Å². The number of nitrogens with zero attached hydrogens (tertiary/aromatic N) is 3. The van der Waals surface area contributed by atoms with Crippen LogP contribution in [0.2, 0.25) is 0 Å². The van der Waals surface area contributed by atoms with Gasteiger partial charge in [-0.1, -0.05) is 0 Å². The lowest BCUT2D eigenvalue weighted by molar-refractivity contribution is 0.240. The van der Waals surface area contributed by atoms with Crippen LogP contribution >= 0.6 is 0 Å². The molecular weight excluding hydrogens is 170 g/mol. The van der Waals surface area contributed by atoms with Crippen molar-refractivity contribution in [1.29, 1.82) is 0 Å². The zero-order valence-electron chi connectivity index (χ0n) is 6.84. The molecule has 0 amide bonds. The summed E-state index contributed by atoms with van der Waals surface area (Å²) in [7, 11) is 0. The van der Waals surface area contributed by atoms with E-state index in [9.17, 15) is 0 Å². The fraction of sp³-hybridized carbons (Fsp3) is 0.286. The van der Waals surface area contributed by atoms with Crippen molar-refractivity contribution in [3.63, 3.8) is 0 Å². The van der Waals surface area contributed by atoms with E-state index in [2.05, 4.69) is 15.0 Å². The van der Waals surface area contributed by atoms with Crippen molar-refractivity contribution in [3.05, 3.63) is 11.8 Å². The summed E-state index contributed by atoms with van der Waals surface area (Å²) >= 11 is 0. The second-order valence-corrected chi connectivity index (χ2v) is 2.66. The summed E-state index contributed by atoms with van der Waals surface area (Å²) in [6, 6.07) is 0. The number of nitrogen functional groups attached to an aromatic ring is 2. The van der Waals surface area contributed by atoms with Crippen LogP contribution < -0.4 is 11.5 Å². The average Bonchev–Trinajstić information content (AvgIpc) is 2.56. The molecule has 0 bridgehead atoms. The van der Waals surface area contributed by atoms with Crippen LogP contribution in [0.5, 0.6) is 0 Å². The van der Waals surface area contributed by atoms with Crippen molar-refractivity contribution in [3.8, 4) is 0 Å². The molecule has 2 heterocycles. The Hall–Kier alpha value is -1.85. The van der Waals surface area contributed by atoms with Gasteiger partial charge >= 0.3 is 0 Å². The molecule has 4 N–H and O–H groups in total. The van der Waals surface area contributed by atoms with Crippen molar-refractivity contribution in [2.75, 3.05) is 18.0 Å². The van der Waals surface area contributed by atoms with Gasteiger partial charge in [0.2, 0.25) is 5.95 Å². The third-order valence-electron chi connectivity index (χ3n) is 1.78. The van der Waals surface area contributed by atoms with Crippen LogP contribution in [-0.2, 0) is 4.74 Å². The Morgan fingerprint density at radius 3 is 2.92 bits per heavy atom. The van der Waals surface area contributed by atoms with E-state index < -0.39 is 0 Å². The quantitative estimate of drug-likeness (QED) is 0.618. The van der Waals surface area contributed by atoms with Gasteiger partial charge in [-0.3, -0.25) is 4.99 Å². The molecule has 1 aromatic rings. The molecule has 6 nitrogen and oxygen atoms in total. The first-order valence-corrected chi connectivity index (χ1v) is 3.79. The number of ether oxygens (including phenoxy) is 1. The van der Waals surface area contributed by atoms with Crippen LogP contribution in [-0.4, -0.2) is 22.9 Å². The van der Waals surface area contributed by atoms with Crippen LogP contribution in [0.4, 0.5) is 11.8 Å². The first kappa shape index (κ1) is 7.78. The Morgan fingerprint density at radius 2 is 2.31 bits per heavy atom. The minimum atomic E-state index is -0.166. The molecule has 1 aliphatic heterocycles. The van der Waals surface area contributed by atoms with E-state index in [1.165, 1.54) is 6.40 Å². The Kier molecular flexibility index (Phi) is 1.73. The van der Waals surface area contributed by atoms with Crippen molar-refractivity contribution >= 4 is 18.2 Å². The topological polar surface area (TPSA) is 99.4 Å². The van der Waals surface area contributed by atoms with Gasteiger partial charge in [0.05, 0.1) is 12.1 Å². The molecule has 0 aliphatic carbocycles. The highest BCUT2D eigenvalue weighted by molar-refractivity contribution is 5.52. The molecule has 1 atom stereocenters. The zero-order valence-corrected chi connectivity index (χ0v) is 6.84. The van der Waals surface area contributed by atoms with Crippen molar-refractivity contribution in [2.24, 2.45) is 4.99 Å². The van der Waals surface area contributed by atoms with Gasteiger partial charge in [0, 0.05) is 6.20 Å². The third-order valence-corrected chi connectivity index (χ3v) is 1.78. The maximum absolute atomic E-state index is 5.63. The van der Waals surface area contributed by atoms with Crippen molar-refractivity contribution in [1.82, 2.24) is 9.97 Å². The number of nitrogens with two attached hydrogens (primary N) is 2. The SMILES string of the molecule is Nc1ncc(C2CN=CO2)c(N)n1. The molecule has 2 rings (SSSR count). The molecule has 0 radical (unpaired) electrons. The molecule has 0 aromatic carbocycles. The molecule has 1 aromatic heterocycles. The number of hydrogen-bond acceptors (Lipinski definition) is 6. The van der Waals surface area contributed by atoms with Crippen LogP contribution in [0, 0.1) is 0 Å². The monoisotopic (exact) mass is 179 g/mol. The van der Waals surface area contributed by atoms with Crippen molar-refractivity contribution in [2.45, 2.75) is 6.10 Å². The van der Waals surface area contributed by atoms with Crippen LogP contribution in [0.3, 0.4) is 0 Å². The minimum Gasteiger partial charge on any atom is -0.473 e. The predicted molar refractivity (Wildman–Crippen MR) is 48.0 cm³/mol. The normalized spacial score (nSPS) is 20.2. The minimum absolute atomic E-state index is 0.166. The summed E-state index contributed by atoms with van der Waals surface area (Å²) in [5.74, 6) is 0.517. The largest absolute Gasteiger partial charge is 0.473 e. The van der Waals surface area contributed by atoms with E-state index in [-0.39, 0.29) is 12.1 Å². The number of hydrogen-bond donors (Lipinski definition) is 2. The fourth-order valence-corrected chi connectivity index (χ4v) is 1.14. The molecular formula is C7H9N5O. The van der Waals surface area contributed by atoms with Gasteiger partial charge in [-0.25, -0.2) is 4.98 Å². The summed E-state index contributed by atoms with van der Waals surface area (Å²) in [6.45, 7) is 0.553. The first-order valence-electron chi connectivity index (χ1n) is 3.79. The Labute approximate surface area is 74.6 Å². The summed E-state index contributed by atoms with van der Waals surface area (Å²) in [4.78, 5) is 11.6. The fourth-order valence-electron chi connectivity index (χ4n) is 1.14. The van der Waals surface area contributed by atoms with Gasteiger partial charge in [-0.15, -0.1) is 0 Å². The van der Waals surface area contributed by atoms with Gasteiger partial charge in [0.15, 0.2) is 6.40 Å². The maximum atomic E-state index is 5.63. The van der Waals surface area contributed by atoms with Crippen LogP contribution in [0.25, 0.3) is 0 Å². The lowest BCUT2D eigenvalue weighted by Gasteiger charge is -2.10. The van der Waals surface area contributed by atoms with Gasteiger partial charge in [-0.2, -0.15) is 4.98 Å². The summed E-state index contributed by atoms with van der Waals surface area (Å²) < 4.78 is 5.17. The van der Waals surface area contributed by atoms with E-state index in [1.54, 1.807) is 6.20 Å². The van der Waals surface area contributed by atoms with Crippen molar-refractivity contribution < 1.29 is 4.74 Å². The second-order valence-electron chi connectivity index (χ2n) is 2.66. The standard InChI is InChI=1S/C7H9N5O/c8-6-4(1-11-7(9)12-6)5-2-10-3-13-5/h1,3,5H,2H2,(H4,8,9,11,12). The number of aliphatic imine (C=N–C) groups is 1. The third kappa shape index (κ3) is 1.37. The summed E-state index contributed by atoms with van der Waals surface area (Å²) in [5.41, 5.74) is 11.7. The lowest BCUT2D eigenvalue weighted by Crippen LogP contribution is -2.09. The van der Waals surface area contributed by atoms with Gasteiger partial charge in [0.25, 0.3) is 0 Å². The highest BCUT2D eigenvalue weighted by Gasteiger charge is 2.19. The lowest BCUT2D eigenvalue weighted by atomic mass is 10.2. The smallest absolute Gasteiger partial charge is 0.221 e. The molecule has 68 valence electrons. The number of rotatable bonds is 1. The van der Waals surface area contributed by atoms with E-state index in [0.717, 1.165) is 5.56 Å². The maximum Gasteiger partial charge on any atom is 0.221 e. The van der Waals surface area contributed by atoms with E-state index in [0.29, 0.717) is 12.4 Å². The van der Waals surface area contributed by atoms with E-state index in [1.807, 2.05) is 0 Å². The summed E-state index contributed by atoms with van der Waals surface area (Å²) in [5, 5.41) is 0. The van der Waals surface area contributed by atoms with Gasteiger partial charge < -0.3 is 16.2 Å². The zero-order chi connectivity index (χ0) is 9.26. The highest BCUT2D eigenvalue weighted by atomic mass is 16.5. The molecule has 1 unspecified atom stereocenters. The Balaban J connectivity index is 2.30. The highest BCUT2D eigenvalue weighted by Crippen LogP contribution is 2.23. The number of anilines is 2. The first-order chi connectivity index (χ1) is 6.27. The van der Waals surface area contributed by atoms with E-state index >= 15 is 0 Å². The Bertz CT molecular complexity index is 343. The molecule has 0 spiro atoms. The number of aromatic nitrogens is 2. The van der Waals surface area contributed by atoms with Gasteiger partial charge in [0.1, 0.15) is 11.9 Å². The average molecular weight is 179 g/mol. The van der Waals surface area contributed by atoms with Gasteiger partial charge in [-0.05, 0) is 0 Å². The predicted octanol–water partition coefficient (Wildman–Crippen LogP) is -0.259. The molecule has 13 heavy (non-hydrogen) atoms. The molecule has 0 fully saturated rings. The van der Waals surface area contributed by atoms with Crippen LogP contribution in [0.1, 0.15) is 11.7 Å². The summed E-state index contributed by atoms with van der Waals surface area (Å²) in [6.07, 6.45) is 2.80.